The lowest BCUT2D eigenvalue weighted by Crippen LogP contribution is -2.84. The van der Waals surface area contributed by atoms with E-state index in [0.29, 0.717) is 19.8 Å². The zero-order valence-electron chi connectivity index (χ0n) is 23.3. The zero-order valence-corrected chi connectivity index (χ0v) is 23.3. The minimum atomic E-state index is -1.59. The average molecular weight is 574 g/mol. The van der Waals surface area contributed by atoms with E-state index >= 15 is 0 Å². The third kappa shape index (κ3) is 7.57. The molecule has 2 bridgehead atoms. The van der Waals surface area contributed by atoms with Gasteiger partial charge in [-0.1, -0.05) is 37.3 Å². The molecule has 12 heteroatoms. The van der Waals surface area contributed by atoms with Crippen molar-refractivity contribution in [2.45, 2.75) is 99.9 Å². The van der Waals surface area contributed by atoms with Crippen LogP contribution >= 0.6 is 0 Å². The minimum absolute atomic E-state index is 0.0456. The first-order valence-electron chi connectivity index (χ1n) is 14.0. The number of hydrogen-bond acceptors (Lipinski definition) is 12. The van der Waals surface area contributed by atoms with Crippen molar-refractivity contribution in [1.29, 1.82) is 0 Å². The average Bonchev–Trinajstić information content (AvgIpc) is 2.95. The van der Waals surface area contributed by atoms with Crippen LogP contribution in [0.2, 0.25) is 0 Å². The van der Waals surface area contributed by atoms with E-state index in [4.69, 9.17) is 34.5 Å². The molecule has 0 spiro atoms. The first kappa shape index (κ1) is 33.2. The highest BCUT2D eigenvalue weighted by molar-refractivity contribution is 5.20. The van der Waals surface area contributed by atoms with Crippen molar-refractivity contribution in [1.82, 2.24) is 0 Å². The third-order valence-electron chi connectivity index (χ3n) is 7.94. The molecular weight excluding hydrogens is 526 g/mol. The predicted octanol–water partition coefficient (Wildman–Crippen LogP) is -0.951. The van der Waals surface area contributed by atoms with Crippen LogP contribution in [0.1, 0.15) is 38.2 Å². The monoisotopic (exact) mass is 573 g/mol. The summed E-state index contributed by atoms with van der Waals surface area (Å²) in [6.45, 7) is 2.36. The van der Waals surface area contributed by atoms with E-state index in [9.17, 15) is 25.5 Å². The Morgan fingerprint density at radius 2 is 1.80 bits per heavy atom. The number of hydrogen-bond donors (Lipinski definition) is 7. The fraction of sp³-hybridized carbons (Fsp3) is 0.786. The second-order valence-corrected chi connectivity index (χ2v) is 10.7. The van der Waals surface area contributed by atoms with E-state index in [-0.39, 0.29) is 13.0 Å². The normalized spacial score (nSPS) is 31.7. The molecule has 0 radical (unpaired) electrons. The number of aliphatic hydroxyl groups excluding tert-OH is 6. The molecule has 4 rings (SSSR count). The van der Waals surface area contributed by atoms with E-state index in [0.717, 1.165) is 24.8 Å². The minimum Gasteiger partial charge on any atom is -0.394 e. The molecule has 40 heavy (non-hydrogen) atoms. The number of rotatable bonds is 19. The van der Waals surface area contributed by atoms with Gasteiger partial charge in [0, 0.05) is 26.1 Å². The number of fused-ring (bicyclic) bond motifs is 2. The smallest absolute Gasteiger partial charge is 0.186 e. The summed E-state index contributed by atoms with van der Waals surface area (Å²) in [5.74, 6) is -0.664. The van der Waals surface area contributed by atoms with Crippen LogP contribution in [-0.2, 0) is 30.3 Å². The van der Waals surface area contributed by atoms with E-state index in [1.54, 1.807) is 6.92 Å². The van der Waals surface area contributed by atoms with E-state index in [2.05, 4.69) is 0 Å². The fourth-order valence-electron chi connectivity index (χ4n) is 5.59. The standard InChI is InChI=1S/C28H47NO11/c1-17-22(34)24(39-27(36-2)23(35)20(32)13-19(31)14-30)25-26(38-12-8-4-7-11-29)28(17,40-25)21(33)16-37-15-18-9-5-3-6-10-18/h3,5-6,9-10,17,19-27,30-35H,4,7-8,11-16,29H2,1-2H3/t17?,19-,20+,21-,22?,23?,24?,25?,26?,27?,28?/m0/s1. The van der Waals surface area contributed by atoms with Gasteiger partial charge in [-0.25, -0.2) is 0 Å². The summed E-state index contributed by atoms with van der Waals surface area (Å²) in [5.41, 5.74) is 5.30. The largest absolute Gasteiger partial charge is 0.394 e. The summed E-state index contributed by atoms with van der Waals surface area (Å²) in [5, 5.41) is 62.2. The fourth-order valence-corrected chi connectivity index (χ4v) is 5.59. The summed E-state index contributed by atoms with van der Waals surface area (Å²) in [6, 6.07) is 9.56. The van der Waals surface area contributed by atoms with Crippen molar-refractivity contribution in [3.05, 3.63) is 35.9 Å². The molecule has 2 saturated heterocycles. The second kappa shape index (κ2) is 15.8. The lowest BCUT2D eigenvalue weighted by Gasteiger charge is -2.66. The summed E-state index contributed by atoms with van der Waals surface area (Å²) in [4.78, 5) is 0. The van der Waals surface area contributed by atoms with Gasteiger partial charge in [0.05, 0.1) is 38.1 Å². The molecular formula is C28H47NO11. The van der Waals surface area contributed by atoms with Crippen LogP contribution in [-0.4, -0.2) is 125 Å². The maximum atomic E-state index is 11.3. The van der Waals surface area contributed by atoms with Crippen LogP contribution in [0.5, 0.6) is 0 Å². The molecule has 2 heterocycles. The summed E-state index contributed by atoms with van der Waals surface area (Å²) < 4.78 is 29.5. The van der Waals surface area contributed by atoms with Crippen molar-refractivity contribution in [2.75, 3.05) is 33.5 Å². The predicted molar refractivity (Wildman–Crippen MR) is 143 cm³/mol. The first-order chi connectivity index (χ1) is 19.2. The Hall–Kier alpha value is -1.26. The number of benzene rings is 1. The molecule has 0 aromatic heterocycles. The van der Waals surface area contributed by atoms with Gasteiger partial charge in [-0.05, 0) is 31.4 Å². The Kier molecular flexibility index (Phi) is 13.2. The molecule has 12 nitrogen and oxygen atoms in total. The molecule has 8 unspecified atom stereocenters. The third-order valence-corrected chi connectivity index (χ3v) is 7.94. The van der Waals surface area contributed by atoms with Gasteiger partial charge in [-0.2, -0.15) is 0 Å². The van der Waals surface area contributed by atoms with E-state index in [1.807, 2.05) is 30.3 Å². The Morgan fingerprint density at radius 1 is 1.07 bits per heavy atom. The lowest BCUT2D eigenvalue weighted by molar-refractivity contribution is -0.427. The maximum Gasteiger partial charge on any atom is 0.186 e. The molecule has 3 aliphatic rings. The maximum absolute atomic E-state index is 11.3. The Bertz CT molecular complexity index is 851. The van der Waals surface area contributed by atoms with Crippen LogP contribution in [0.25, 0.3) is 0 Å². The topological polar surface area (TPSA) is 194 Å². The molecule has 1 aliphatic carbocycles. The van der Waals surface area contributed by atoms with Gasteiger partial charge in [-0.3, -0.25) is 0 Å². The van der Waals surface area contributed by atoms with Gasteiger partial charge in [0.15, 0.2) is 6.29 Å². The Balaban J connectivity index is 1.72. The molecule has 8 N–H and O–H groups in total. The van der Waals surface area contributed by atoms with Crippen molar-refractivity contribution in [2.24, 2.45) is 11.7 Å². The molecule has 1 saturated carbocycles. The van der Waals surface area contributed by atoms with E-state index < -0.39 is 73.2 Å². The highest BCUT2D eigenvalue weighted by Crippen LogP contribution is 2.53. The molecule has 2 aliphatic heterocycles. The van der Waals surface area contributed by atoms with Crippen molar-refractivity contribution in [3.63, 3.8) is 0 Å². The van der Waals surface area contributed by atoms with Gasteiger partial charge < -0.3 is 60.1 Å². The molecule has 230 valence electrons. The number of nitrogens with two attached hydrogens (primary N) is 1. The quantitative estimate of drug-likeness (QED) is 0.0794. The van der Waals surface area contributed by atoms with Crippen LogP contribution in [0.3, 0.4) is 0 Å². The lowest BCUT2D eigenvalue weighted by atomic mass is 9.62. The number of unbranched alkanes of at least 4 members (excludes halogenated alkanes) is 2. The summed E-state index contributed by atoms with van der Waals surface area (Å²) in [7, 11) is 1.27. The molecule has 1 aromatic carbocycles. The molecule has 0 amide bonds. The van der Waals surface area contributed by atoms with Crippen molar-refractivity contribution < 1.29 is 54.3 Å². The first-order valence-corrected chi connectivity index (χ1v) is 14.0. The molecule has 1 aromatic rings. The Morgan fingerprint density at radius 3 is 2.45 bits per heavy atom. The SMILES string of the molecule is COC(OC1C(O)C(C)C2([C@@H](O)COCc3ccccc3)OC1C2OCCCCCN)C(O)[C@H](O)C[C@H](O)CO. The van der Waals surface area contributed by atoms with Crippen LogP contribution in [0.4, 0.5) is 0 Å². The van der Waals surface area contributed by atoms with Gasteiger partial charge in [-0.15, -0.1) is 0 Å². The number of aliphatic hydroxyl groups is 6. The molecule has 11 atom stereocenters. The van der Waals surface area contributed by atoms with Crippen LogP contribution in [0.15, 0.2) is 30.3 Å². The van der Waals surface area contributed by atoms with Crippen LogP contribution in [0, 0.1) is 5.92 Å². The number of ether oxygens (including phenoxy) is 5. The van der Waals surface area contributed by atoms with Gasteiger partial charge >= 0.3 is 0 Å². The van der Waals surface area contributed by atoms with Crippen molar-refractivity contribution >= 4 is 0 Å². The second-order valence-electron chi connectivity index (χ2n) is 10.7. The highest BCUT2D eigenvalue weighted by Gasteiger charge is 2.72. The summed E-state index contributed by atoms with van der Waals surface area (Å²) in [6.07, 6.45) is -8.22. The Labute approximate surface area is 235 Å². The molecule has 3 fully saturated rings. The van der Waals surface area contributed by atoms with Gasteiger partial charge in [0.25, 0.3) is 0 Å². The van der Waals surface area contributed by atoms with Gasteiger partial charge in [0.1, 0.15) is 36.1 Å². The highest BCUT2D eigenvalue weighted by atomic mass is 16.7. The van der Waals surface area contributed by atoms with Gasteiger partial charge in [0.2, 0.25) is 0 Å². The van der Waals surface area contributed by atoms with Crippen LogP contribution < -0.4 is 5.73 Å². The van der Waals surface area contributed by atoms with E-state index in [1.165, 1.54) is 7.11 Å². The zero-order chi connectivity index (χ0) is 29.3. The summed E-state index contributed by atoms with van der Waals surface area (Å²) >= 11 is 0. The number of methoxy groups -OCH3 is 1. The van der Waals surface area contributed by atoms with Crippen molar-refractivity contribution in [3.8, 4) is 0 Å².